The van der Waals surface area contributed by atoms with Gasteiger partial charge in [0.15, 0.2) is 0 Å². The molecular weight excluding hydrogens is 368 g/mol. The summed E-state index contributed by atoms with van der Waals surface area (Å²) in [4.78, 5) is 0. The van der Waals surface area contributed by atoms with E-state index in [9.17, 15) is 0 Å². The second-order valence-electron chi connectivity index (χ2n) is 10.1. The van der Waals surface area contributed by atoms with Gasteiger partial charge < -0.3 is 0 Å². The molecule has 1 aliphatic carbocycles. The van der Waals surface area contributed by atoms with Crippen molar-refractivity contribution in [2.24, 2.45) is 5.92 Å². The van der Waals surface area contributed by atoms with Crippen molar-refractivity contribution in [3.63, 3.8) is 0 Å². The van der Waals surface area contributed by atoms with Gasteiger partial charge in [0.05, 0.1) is 0 Å². The molecule has 0 spiro atoms. The third-order valence-electron chi connectivity index (χ3n) is 7.18. The van der Waals surface area contributed by atoms with Crippen LogP contribution in [-0.2, 0) is 0 Å². The van der Waals surface area contributed by atoms with Gasteiger partial charge in [-0.2, -0.15) is 11.8 Å². The highest BCUT2D eigenvalue weighted by atomic mass is 32.2. The summed E-state index contributed by atoms with van der Waals surface area (Å²) in [7, 11) is 0. The fourth-order valence-electron chi connectivity index (χ4n) is 4.71. The summed E-state index contributed by atoms with van der Waals surface area (Å²) in [6.07, 6.45) is 30.0. The highest BCUT2D eigenvalue weighted by Crippen LogP contribution is 2.45. The van der Waals surface area contributed by atoms with Crippen LogP contribution in [0.5, 0.6) is 0 Å². The molecule has 1 aliphatic rings. The average Bonchev–Trinajstić information content (AvgIpc) is 2.71. The highest BCUT2D eigenvalue weighted by Gasteiger charge is 2.34. The van der Waals surface area contributed by atoms with Crippen LogP contribution in [0.3, 0.4) is 0 Å². The lowest BCUT2D eigenvalue weighted by molar-refractivity contribution is 0.396. The third kappa shape index (κ3) is 13.2. The first-order valence-corrected chi connectivity index (χ1v) is 14.4. The molecule has 0 heterocycles. The van der Waals surface area contributed by atoms with Gasteiger partial charge in [-0.25, -0.2) is 0 Å². The summed E-state index contributed by atoms with van der Waals surface area (Å²) < 4.78 is 0.537. The van der Waals surface area contributed by atoms with Crippen molar-refractivity contribution in [1.29, 1.82) is 0 Å². The molecule has 0 N–H and O–H groups in total. The summed E-state index contributed by atoms with van der Waals surface area (Å²) in [5.74, 6) is 2.18. The monoisotopic (exact) mass is 422 g/mol. The predicted octanol–water partition coefficient (Wildman–Crippen LogP) is 10.5. The van der Waals surface area contributed by atoms with Crippen LogP contribution in [0, 0.1) is 5.92 Å². The van der Waals surface area contributed by atoms with Gasteiger partial charge in [0.25, 0.3) is 0 Å². The highest BCUT2D eigenvalue weighted by molar-refractivity contribution is 8.00. The molecule has 0 amide bonds. The molecule has 29 heavy (non-hydrogen) atoms. The van der Waals surface area contributed by atoms with Crippen LogP contribution in [0.25, 0.3) is 0 Å². The second kappa shape index (κ2) is 17.7. The maximum Gasteiger partial charge on any atom is 0.0220 e. The first-order chi connectivity index (χ1) is 14.1. The Morgan fingerprint density at radius 2 is 1.21 bits per heavy atom. The van der Waals surface area contributed by atoms with Gasteiger partial charge in [-0.05, 0) is 44.3 Å². The van der Waals surface area contributed by atoms with Gasteiger partial charge in [0.1, 0.15) is 0 Å². The number of allylic oxidation sites excluding steroid dienone is 2. The van der Waals surface area contributed by atoms with Crippen LogP contribution >= 0.6 is 11.8 Å². The molecule has 0 aromatic rings. The van der Waals surface area contributed by atoms with Crippen LogP contribution in [0.4, 0.5) is 0 Å². The first-order valence-electron chi connectivity index (χ1n) is 13.4. The minimum atomic E-state index is 0.537. The van der Waals surface area contributed by atoms with E-state index in [0.717, 1.165) is 5.92 Å². The van der Waals surface area contributed by atoms with Gasteiger partial charge in [0, 0.05) is 4.75 Å². The molecule has 0 nitrogen and oxygen atoms in total. The quantitative estimate of drug-likeness (QED) is 0.147. The Kier molecular flexibility index (Phi) is 16.6. The summed E-state index contributed by atoms with van der Waals surface area (Å²) >= 11 is 2.30. The van der Waals surface area contributed by atoms with E-state index < -0.39 is 0 Å². The zero-order valence-corrected chi connectivity index (χ0v) is 21.5. The smallest absolute Gasteiger partial charge is 0.0220 e. The molecule has 1 rings (SSSR count). The van der Waals surface area contributed by atoms with Gasteiger partial charge in [0.2, 0.25) is 0 Å². The predicted molar refractivity (Wildman–Crippen MR) is 137 cm³/mol. The molecule has 0 radical (unpaired) electrons. The van der Waals surface area contributed by atoms with Crippen molar-refractivity contribution < 1.29 is 0 Å². The number of hydrogen-bond acceptors (Lipinski definition) is 1. The number of unbranched alkanes of at least 4 members (excludes halogenated alkanes) is 15. The van der Waals surface area contributed by atoms with E-state index in [1.54, 1.807) is 5.57 Å². The normalized spacial score (nSPS) is 19.7. The number of thioether (sulfide) groups is 1. The second-order valence-corrected chi connectivity index (χ2v) is 11.6. The Morgan fingerprint density at radius 1 is 0.759 bits per heavy atom. The Balaban J connectivity index is 1.85. The fraction of sp³-hybridized carbons (Fsp3) is 0.929. The summed E-state index contributed by atoms with van der Waals surface area (Å²) in [6, 6.07) is 0. The Morgan fingerprint density at radius 3 is 1.59 bits per heavy atom. The van der Waals surface area contributed by atoms with Crippen LogP contribution in [0.2, 0.25) is 0 Å². The SMILES string of the molecule is CCCCCCCCCCCCCCCCCCSC1(C(C)C)CC=C(C)CC1. The summed E-state index contributed by atoms with van der Waals surface area (Å²) in [5, 5.41) is 0. The van der Waals surface area contributed by atoms with Crippen molar-refractivity contribution in [1.82, 2.24) is 0 Å². The van der Waals surface area contributed by atoms with Gasteiger partial charge in [-0.1, -0.05) is 129 Å². The average molecular weight is 423 g/mol. The molecule has 0 saturated heterocycles. The van der Waals surface area contributed by atoms with Crippen molar-refractivity contribution in [2.75, 3.05) is 5.75 Å². The fourth-order valence-corrected chi connectivity index (χ4v) is 6.24. The molecule has 0 bridgehead atoms. The van der Waals surface area contributed by atoms with E-state index in [1.165, 1.54) is 128 Å². The van der Waals surface area contributed by atoms with E-state index in [0.29, 0.717) is 4.75 Å². The Hall–Kier alpha value is 0.0900. The molecule has 0 fully saturated rings. The van der Waals surface area contributed by atoms with Gasteiger partial charge in [-0.3, -0.25) is 0 Å². The molecule has 0 saturated carbocycles. The standard InChI is InChI=1S/C28H54S/c1-5-6-7-8-9-10-11-12-13-14-15-16-17-18-19-20-25-29-28(26(2)3)23-21-27(4)22-24-28/h21,26H,5-20,22-25H2,1-4H3. The zero-order valence-electron chi connectivity index (χ0n) is 20.7. The lowest BCUT2D eigenvalue weighted by Gasteiger charge is -2.39. The molecular formula is C28H54S. The van der Waals surface area contributed by atoms with Gasteiger partial charge >= 0.3 is 0 Å². The first kappa shape index (κ1) is 27.1. The van der Waals surface area contributed by atoms with Crippen molar-refractivity contribution in [3.8, 4) is 0 Å². The Bertz CT molecular complexity index is 397. The van der Waals surface area contributed by atoms with Crippen molar-refractivity contribution >= 4 is 11.8 Å². The minimum absolute atomic E-state index is 0.537. The van der Waals surface area contributed by atoms with Gasteiger partial charge in [-0.15, -0.1) is 0 Å². The molecule has 172 valence electrons. The number of rotatable bonds is 19. The summed E-state index contributed by atoms with van der Waals surface area (Å²) in [5.41, 5.74) is 1.62. The molecule has 0 aromatic heterocycles. The topological polar surface area (TPSA) is 0 Å². The Labute approximate surface area is 189 Å². The van der Waals surface area contributed by atoms with Crippen LogP contribution in [0.1, 0.15) is 150 Å². The maximum absolute atomic E-state index is 2.52. The van der Waals surface area contributed by atoms with E-state index in [4.69, 9.17) is 0 Å². The molecule has 0 aliphatic heterocycles. The van der Waals surface area contributed by atoms with Crippen LogP contribution < -0.4 is 0 Å². The summed E-state index contributed by atoms with van der Waals surface area (Å²) in [6.45, 7) is 9.49. The maximum atomic E-state index is 2.52. The lowest BCUT2D eigenvalue weighted by atomic mass is 9.82. The van der Waals surface area contributed by atoms with E-state index in [-0.39, 0.29) is 0 Å². The number of hydrogen-bond donors (Lipinski definition) is 0. The van der Waals surface area contributed by atoms with Crippen molar-refractivity contribution in [3.05, 3.63) is 11.6 Å². The van der Waals surface area contributed by atoms with Crippen molar-refractivity contribution in [2.45, 2.75) is 154 Å². The molecule has 1 heteroatoms. The van der Waals surface area contributed by atoms with E-state index >= 15 is 0 Å². The third-order valence-corrected chi connectivity index (χ3v) is 9.09. The lowest BCUT2D eigenvalue weighted by Crippen LogP contribution is -2.33. The largest absolute Gasteiger partial charge is 0.155 e. The minimum Gasteiger partial charge on any atom is -0.155 e. The molecule has 1 atom stereocenters. The van der Waals surface area contributed by atoms with Crippen LogP contribution in [0.15, 0.2) is 11.6 Å². The van der Waals surface area contributed by atoms with Crippen LogP contribution in [-0.4, -0.2) is 10.5 Å². The van der Waals surface area contributed by atoms with E-state index in [1.807, 2.05) is 0 Å². The van der Waals surface area contributed by atoms with E-state index in [2.05, 4.69) is 45.5 Å². The molecule has 0 aromatic carbocycles. The molecule has 1 unspecified atom stereocenters. The zero-order chi connectivity index (χ0) is 21.2.